The molecule has 7 nitrogen and oxygen atoms in total. The molecule has 1 N–H and O–H groups in total. The predicted molar refractivity (Wildman–Crippen MR) is 63.4 cm³/mol. The van der Waals surface area contributed by atoms with Gasteiger partial charge in [-0.05, 0) is 12.8 Å². The largest absolute Gasteiger partial charge is 0.273 e. The monoisotopic (exact) mass is 270 g/mol. The molecular formula is C10H14N4O3S. The van der Waals surface area contributed by atoms with Gasteiger partial charge in [0.1, 0.15) is 0 Å². The molecule has 1 aliphatic carbocycles. The van der Waals surface area contributed by atoms with Crippen LogP contribution in [-0.4, -0.2) is 34.8 Å². The van der Waals surface area contributed by atoms with E-state index in [4.69, 9.17) is 0 Å². The van der Waals surface area contributed by atoms with Crippen molar-refractivity contribution in [2.24, 2.45) is 5.92 Å². The van der Waals surface area contributed by atoms with Crippen molar-refractivity contribution in [3.05, 3.63) is 17.5 Å². The molecule has 2 aliphatic rings. The van der Waals surface area contributed by atoms with Crippen molar-refractivity contribution < 1.29 is 13.2 Å². The summed E-state index contributed by atoms with van der Waals surface area (Å²) in [5.74, 6) is 0.0518. The lowest BCUT2D eigenvalue weighted by Crippen LogP contribution is -2.29. The Balaban J connectivity index is 1.79. The molecular weight excluding hydrogens is 256 g/mol. The average molecular weight is 270 g/mol. The first-order chi connectivity index (χ1) is 8.45. The van der Waals surface area contributed by atoms with Crippen LogP contribution in [0.5, 0.6) is 0 Å². The van der Waals surface area contributed by atoms with Gasteiger partial charge in [-0.15, -0.1) is 0 Å². The minimum absolute atomic E-state index is 0.0429. The normalized spacial score (nSPS) is 19.8. The van der Waals surface area contributed by atoms with Gasteiger partial charge < -0.3 is 0 Å². The Hall–Kier alpha value is -1.41. The van der Waals surface area contributed by atoms with E-state index in [1.165, 1.54) is 15.4 Å². The van der Waals surface area contributed by atoms with Gasteiger partial charge in [-0.3, -0.25) is 4.79 Å². The lowest BCUT2D eigenvalue weighted by Gasteiger charge is -2.12. The summed E-state index contributed by atoms with van der Waals surface area (Å²) >= 11 is 0. The Morgan fingerprint density at radius 2 is 2.17 bits per heavy atom. The lowest BCUT2D eigenvalue weighted by molar-refractivity contribution is -0.118. The third-order valence-electron chi connectivity index (χ3n) is 3.26. The quantitative estimate of drug-likeness (QED) is 0.812. The van der Waals surface area contributed by atoms with Crippen LogP contribution in [0, 0.1) is 5.92 Å². The third-order valence-corrected chi connectivity index (χ3v) is 4.46. The van der Waals surface area contributed by atoms with Gasteiger partial charge in [0.05, 0.1) is 24.7 Å². The first-order valence-electron chi connectivity index (χ1n) is 5.77. The van der Waals surface area contributed by atoms with E-state index >= 15 is 0 Å². The number of fused-ring (bicyclic) bond motifs is 1. The van der Waals surface area contributed by atoms with Gasteiger partial charge >= 0.3 is 0 Å². The van der Waals surface area contributed by atoms with Crippen LogP contribution in [0.2, 0.25) is 0 Å². The average Bonchev–Trinajstić information content (AvgIpc) is 2.92. The highest BCUT2D eigenvalue weighted by Gasteiger charge is 2.33. The van der Waals surface area contributed by atoms with Gasteiger partial charge in [0.15, 0.2) is 0 Å². The summed E-state index contributed by atoms with van der Waals surface area (Å²) in [7, 11) is -3.21. The van der Waals surface area contributed by atoms with Crippen LogP contribution >= 0.6 is 0 Å². The number of carbonyl (C=O) groups is 1. The highest BCUT2D eigenvalue weighted by molar-refractivity contribution is 7.88. The van der Waals surface area contributed by atoms with Crippen LogP contribution in [0.1, 0.15) is 24.1 Å². The van der Waals surface area contributed by atoms with Crippen molar-refractivity contribution in [2.45, 2.75) is 25.9 Å². The Morgan fingerprint density at radius 1 is 1.44 bits per heavy atom. The summed E-state index contributed by atoms with van der Waals surface area (Å²) in [4.78, 5) is 13.1. The van der Waals surface area contributed by atoms with Crippen LogP contribution in [0.4, 0.5) is 0 Å². The summed E-state index contributed by atoms with van der Waals surface area (Å²) in [6.07, 6.45) is 4.63. The molecule has 3 rings (SSSR count). The van der Waals surface area contributed by atoms with E-state index in [0.717, 1.165) is 24.1 Å². The molecule has 1 aromatic heterocycles. The van der Waals surface area contributed by atoms with E-state index in [9.17, 15) is 13.2 Å². The zero-order valence-corrected chi connectivity index (χ0v) is 10.8. The highest BCUT2D eigenvalue weighted by Crippen LogP contribution is 2.29. The van der Waals surface area contributed by atoms with Crippen LogP contribution in [0.3, 0.4) is 0 Å². The molecule has 0 unspecified atom stereocenters. The number of nitrogens with zero attached hydrogens (tertiary/aromatic N) is 3. The molecule has 1 saturated carbocycles. The van der Waals surface area contributed by atoms with Crippen LogP contribution in [0.25, 0.3) is 0 Å². The number of hydrogen-bond acceptors (Lipinski definition) is 4. The second-order valence-corrected chi connectivity index (χ2v) is 6.79. The summed E-state index contributed by atoms with van der Waals surface area (Å²) in [6, 6.07) is 0. The van der Waals surface area contributed by atoms with E-state index in [1.54, 1.807) is 6.20 Å². The Bertz CT molecular complexity index is 603. The fraction of sp³-hybridized carbons (Fsp3) is 0.600. The number of rotatable bonds is 3. The minimum Gasteiger partial charge on any atom is -0.273 e. The van der Waals surface area contributed by atoms with Crippen molar-refractivity contribution in [1.29, 1.82) is 0 Å². The number of carbonyl (C=O) groups excluding carboxylic acids is 1. The smallest absolute Gasteiger partial charge is 0.243 e. The Kier molecular flexibility index (Phi) is 2.46. The molecule has 0 bridgehead atoms. The summed E-state index contributed by atoms with van der Waals surface area (Å²) < 4.78 is 24.3. The first-order valence-corrected chi connectivity index (χ1v) is 7.62. The molecule has 1 aromatic rings. The summed E-state index contributed by atoms with van der Waals surface area (Å²) in [5.41, 5.74) is 4.29. The van der Waals surface area contributed by atoms with Crippen molar-refractivity contribution >= 4 is 15.9 Å². The molecule has 0 atom stereocenters. The van der Waals surface area contributed by atoms with E-state index in [2.05, 4.69) is 10.5 Å². The first kappa shape index (κ1) is 11.7. The van der Waals surface area contributed by atoms with Crippen molar-refractivity contribution in [3.63, 3.8) is 0 Å². The number of aromatic nitrogens is 2. The molecule has 98 valence electrons. The second-order valence-electron chi connectivity index (χ2n) is 4.81. The van der Waals surface area contributed by atoms with E-state index in [-0.39, 0.29) is 18.4 Å². The molecule has 1 amide bonds. The van der Waals surface area contributed by atoms with E-state index < -0.39 is 10.0 Å². The molecule has 18 heavy (non-hydrogen) atoms. The van der Waals surface area contributed by atoms with Crippen LogP contribution in [-0.2, 0) is 27.9 Å². The number of amides is 1. The zero-order chi connectivity index (χ0) is 12.9. The Labute approximate surface area is 105 Å². The highest BCUT2D eigenvalue weighted by atomic mass is 32.2. The molecule has 0 spiro atoms. The molecule has 0 aromatic carbocycles. The van der Waals surface area contributed by atoms with Gasteiger partial charge in [0.2, 0.25) is 15.9 Å². The molecule has 0 radical (unpaired) electrons. The zero-order valence-electron chi connectivity index (χ0n) is 9.96. The maximum absolute atomic E-state index is 11.6. The Morgan fingerprint density at radius 3 is 2.78 bits per heavy atom. The molecule has 0 saturated heterocycles. The summed E-state index contributed by atoms with van der Waals surface area (Å²) in [6.45, 7) is 0.590. The van der Waals surface area contributed by atoms with Crippen LogP contribution in [0.15, 0.2) is 6.20 Å². The molecule has 1 aliphatic heterocycles. The fourth-order valence-electron chi connectivity index (χ4n) is 1.99. The van der Waals surface area contributed by atoms with Gasteiger partial charge in [0.25, 0.3) is 0 Å². The third kappa shape index (κ3) is 2.01. The minimum atomic E-state index is -3.21. The number of sulfonamides is 1. The van der Waals surface area contributed by atoms with Gasteiger partial charge in [-0.2, -0.15) is 14.2 Å². The SMILES string of the molecule is CS(=O)(=O)N1Cc2cnn(NC(=O)C3CC3)c2C1. The maximum atomic E-state index is 11.6. The second kappa shape index (κ2) is 3.79. The summed E-state index contributed by atoms with van der Waals surface area (Å²) in [5, 5.41) is 4.07. The van der Waals surface area contributed by atoms with Crippen molar-refractivity contribution in [1.82, 2.24) is 14.2 Å². The standard InChI is InChI=1S/C10H14N4O3S/c1-18(16,17)13-5-8-4-11-14(9(8)6-13)12-10(15)7-2-3-7/h4,7H,2-3,5-6H2,1H3,(H,12,15). The lowest BCUT2D eigenvalue weighted by atomic mass is 10.3. The van der Waals surface area contributed by atoms with Gasteiger partial charge in [0, 0.05) is 18.0 Å². The maximum Gasteiger partial charge on any atom is 0.243 e. The van der Waals surface area contributed by atoms with Crippen molar-refractivity contribution in [3.8, 4) is 0 Å². The molecule has 1 fully saturated rings. The molecule has 2 heterocycles. The molecule has 8 heteroatoms. The van der Waals surface area contributed by atoms with Crippen LogP contribution < -0.4 is 5.43 Å². The van der Waals surface area contributed by atoms with E-state index in [0.29, 0.717) is 6.54 Å². The van der Waals surface area contributed by atoms with Gasteiger partial charge in [-0.25, -0.2) is 13.8 Å². The number of hydrogen-bond donors (Lipinski definition) is 1. The van der Waals surface area contributed by atoms with Gasteiger partial charge in [-0.1, -0.05) is 0 Å². The number of nitrogens with one attached hydrogen (secondary N) is 1. The van der Waals surface area contributed by atoms with E-state index in [1.807, 2.05) is 0 Å². The van der Waals surface area contributed by atoms with Crippen molar-refractivity contribution in [2.75, 3.05) is 11.7 Å². The predicted octanol–water partition coefficient (Wildman–Crippen LogP) is -0.362. The fourth-order valence-corrected chi connectivity index (χ4v) is 2.72. The topological polar surface area (TPSA) is 84.3 Å².